The Morgan fingerprint density at radius 2 is 2.29 bits per heavy atom. The Morgan fingerprint density at radius 1 is 1.50 bits per heavy atom. The van der Waals surface area contributed by atoms with Crippen molar-refractivity contribution in [3.8, 4) is 6.07 Å². The molecule has 0 amide bonds. The summed E-state index contributed by atoms with van der Waals surface area (Å²) < 4.78 is 2.19. The van der Waals surface area contributed by atoms with Gasteiger partial charge in [0.2, 0.25) is 0 Å². The second-order valence-corrected chi connectivity index (χ2v) is 4.84. The van der Waals surface area contributed by atoms with Gasteiger partial charge in [0.1, 0.15) is 0 Å². The summed E-state index contributed by atoms with van der Waals surface area (Å²) in [6, 6.07) is 5.86. The van der Waals surface area contributed by atoms with Gasteiger partial charge in [0.25, 0.3) is 0 Å². The first-order valence-corrected chi connectivity index (χ1v) is 6.12. The zero-order valence-electron chi connectivity index (χ0n) is 7.05. The molecule has 70 valence electrons. The maximum absolute atomic E-state index is 8.84. The molecular weight excluding hydrogens is 282 g/mol. The van der Waals surface area contributed by atoms with Gasteiger partial charge in [-0.1, -0.05) is 0 Å². The van der Waals surface area contributed by atoms with Crippen molar-refractivity contribution in [1.82, 2.24) is 0 Å². The number of hydrogen-bond acceptors (Lipinski definition) is 2. The third kappa shape index (κ3) is 1.54. The van der Waals surface area contributed by atoms with Crippen molar-refractivity contribution in [2.75, 3.05) is 0 Å². The highest BCUT2D eigenvalue weighted by atomic mass is 79.9. The molecule has 0 atom stereocenters. The van der Waals surface area contributed by atoms with Gasteiger partial charge in [0.05, 0.1) is 11.6 Å². The van der Waals surface area contributed by atoms with E-state index in [2.05, 4.69) is 22.0 Å². The Kier molecular flexibility index (Phi) is 2.78. The van der Waals surface area contributed by atoms with Crippen LogP contribution in [0.5, 0.6) is 0 Å². The monoisotopic (exact) mass is 285 g/mol. The summed E-state index contributed by atoms with van der Waals surface area (Å²) in [6.07, 6.45) is 0. The van der Waals surface area contributed by atoms with Crippen LogP contribution in [-0.2, 0) is 5.88 Å². The molecule has 0 unspecified atom stereocenters. The fourth-order valence-corrected chi connectivity index (χ4v) is 3.28. The molecule has 4 heteroatoms. The van der Waals surface area contributed by atoms with Crippen molar-refractivity contribution < 1.29 is 0 Å². The number of halogens is 2. The Balaban J connectivity index is 2.84. The first-order chi connectivity index (χ1) is 6.76. The molecule has 1 aromatic heterocycles. The van der Waals surface area contributed by atoms with Gasteiger partial charge in [-0.2, -0.15) is 5.26 Å². The third-order valence-corrected chi connectivity index (χ3v) is 4.29. The predicted octanol–water partition coefficient (Wildman–Crippen LogP) is 4.27. The Labute approximate surface area is 99.0 Å². The summed E-state index contributed by atoms with van der Waals surface area (Å²) in [7, 11) is 0. The van der Waals surface area contributed by atoms with E-state index in [-0.39, 0.29) is 0 Å². The van der Waals surface area contributed by atoms with Crippen LogP contribution in [0.15, 0.2) is 22.0 Å². The Bertz CT molecular complexity index is 527. The second-order valence-electron chi connectivity index (χ2n) is 2.84. The van der Waals surface area contributed by atoms with E-state index in [1.807, 2.05) is 17.5 Å². The largest absolute Gasteiger partial charge is 0.192 e. The van der Waals surface area contributed by atoms with Crippen molar-refractivity contribution in [2.24, 2.45) is 0 Å². The van der Waals surface area contributed by atoms with Crippen molar-refractivity contribution in [3.63, 3.8) is 0 Å². The van der Waals surface area contributed by atoms with Crippen LogP contribution < -0.4 is 0 Å². The Hall–Kier alpha value is -0.560. The summed E-state index contributed by atoms with van der Waals surface area (Å²) in [5.41, 5.74) is 1.68. The number of thiophene rings is 1. The van der Waals surface area contributed by atoms with Crippen LogP contribution in [0.4, 0.5) is 0 Å². The average molecular weight is 287 g/mol. The minimum absolute atomic E-state index is 0.443. The standard InChI is InChI=1S/C10H5BrClNS/c11-9-5-14-10-7(3-12)1-6(4-13)2-8(9)10/h1-2,5H,3H2. The lowest BCUT2D eigenvalue weighted by atomic mass is 10.1. The van der Waals surface area contributed by atoms with Crippen LogP contribution in [0.3, 0.4) is 0 Å². The molecule has 0 fully saturated rings. The molecule has 0 aliphatic rings. The minimum atomic E-state index is 0.443. The van der Waals surface area contributed by atoms with Gasteiger partial charge in [-0.15, -0.1) is 22.9 Å². The molecule has 14 heavy (non-hydrogen) atoms. The van der Waals surface area contributed by atoms with E-state index in [0.29, 0.717) is 11.4 Å². The molecule has 0 bridgehead atoms. The summed E-state index contributed by atoms with van der Waals surface area (Å²) >= 11 is 10.9. The molecule has 0 aliphatic heterocycles. The quantitative estimate of drug-likeness (QED) is 0.718. The lowest BCUT2D eigenvalue weighted by Gasteiger charge is -1.99. The summed E-state index contributed by atoms with van der Waals surface area (Å²) in [5.74, 6) is 0.443. The van der Waals surface area contributed by atoms with Gasteiger partial charge in [0.15, 0.2) is 0 Å². The van der Waals surface area contributed by atoms with Crippen LogP contribution in [0, 0.1) is 11.3 Å². The zero-order valence-corrected chi connectivity index (χ0v) is 10.2. The smallest absolute Gasteiger partial charge is 0.0991 e. The van der Waals surface area contributed by atoms with Crippen LogP contribution >= 0.6 is 38.9 Å². The summed E-state index contributed by atoms with van der Waals surface area (Å²) in [6.45, 7) is 0. The van der Waals surface area contributed by atoms with Crippen LogP contribution in [0.25, 0.3) is 10.1 Å². The molecule has 1 aromatic carbocycles. The normalized spacial score (nSPS) is 10.4. The fraction of sp³-hybridized carbons (Fsp3) is 0.100. The minimum Gasteiger partial charge on any atom is -0.192 e. The number of fused-ring (bicyclic) bond motifs is 1. The number of hydrogen-bond donors (Lipinski definition) is 0. The highest BCUT2D eigenvalue weighted by Gasteiger charge is 2.07. The van der Waals surface area contributed by atoms with Crippen molar-refractivity contribution in [3.05, 3.63) is 33.1 Å². The van der Waals surface area contributed by atoms with Crippen molar-refractivity contribution in [1.29, 1.82) is 5.26 Å². The molecule has 2 rings (SSSR count). The lowest BCUT2D eigenvalue weighted by Crippen LogP contribution is -1.81. The fourth-order valence-electron chi connectivity index (χ4n) is 1.34. The van der Waals surface area contributed by atoms with E-state index in [1.165, 1.54) is 0 Å². The maximum atomic E-state index is 8.84. The molecule has 1 nitrogen and oxygen atoms in total. The van der Waals surface area contributed by atoms with E-state index in [1.54, 1.807) is 11.3 Å². The molecular formula is C10H5BrClNS. The van der Waals surface area contributed by atoms with Crippen molar-refractivity contribution in [2.45, 2.75) is 5.88 Å². The number of nitrogens with zero attached hydrogens (tertiary/aromatic N) is 1. The van der Waals surface area contributed by atoms with Crippen molar-refractivity contribution >= 4 is 49.0 Å². The van der Waals surface area contributed by atoms with Crippen LogP contribution in [-0.4, -0.2) is 0 Å². The van der Waals surface area contributed by atoms with Gasteiger partial charge in [0, 0.05) is 25.8 Å². The van der Waals surface area contributed by atoms with Gasteiger partial charge >= 0.3 is 0 Å². The first kappa shape index (κ1) is 9.97. The van der Waals surface area contributed by atoms with Crippen LogP contribution in [0.1, 0.15) is 11.1 Å². The lowest BCUT2D eigenvalue weighted by molar-refractivity contribution is 1.43. The molecule has 2 aromatic rings. The molecule has 1 heterocycles. The van der Waals surface area contributed by atoms with E-state index in [0.717, 1.165) is 20.1 Å². The highest BCUT2D eigenvalue weighted by molar-refractivity contribution is 9.10. The number of benzene rings is 1. The molecule has 0 radical (unpaired) electrons. The van der Waals surface area contributed by atoms with Crippen LogP contribution in [0.2, 0.25) is 0 Å². The molecule has 0 spiro atoms. The number of nitriles is 1. The van der Waals surface area contributed by atoms with E-state index < -0.39 is 0 Å². The maximum Gasteiger partial charge on any atom is 0.0991 e. The van der Waals surface area contributed by atoms with Gasteiger partial charge in [-0.05, 0) is 33.6 Å². The summed E-state index contributed by atoms with van der Waals surface area (Å²) in [4.78, 5) is 0. The number of alkyl halides is 1. The Morgan fingerprint density at radius 3 is 2.93 bits per heavy atom. The topological polar surface area (TPSA) is 23.8 Å². The molecule has 0 N–H and O–H groups in total. The third-order valence-electron chi connectivity index (χ3n) is 1.98. The van der Waals surface area contributed by atoms with E-state index >= 15 is 0 Å². The number of rotatable bonds is 1. The van der Waals surface area contributed by atoms with Gasteiger partial charge < -0.3 is 0 Å². The van der Waals surface area contributed by atoms with Gasteiger partial charge in [-0.25, -0.2) is 0 Å². The SMILES string of the molecule is N#Cc1cc(CCl)c2scc(Br)c2c1. The molecule has 0 saturated heterocycles. The zero-order chi connectivity index (χ0) is 10.1. The molecule has 0 saturated carbocycles. The summed E-state index contributed by atoms with van der Waals surface area (Å²) in [5, 5.41) is 11.9. The van der Waals surface area contributed by atoms with Gasteiger partial charge in [-0.3, -0.25) is 0 Å². The highest BCUT2D eigenvalue weighted by Crippen LogP contribution is 2.34. The predicted molar refractivity (Wildman–Crippen MR) is 63.8 cm³/mol. The average Bonchev–Trinajstić information content (AvgIpc) is 2.59. The molecule has 0 aliphatic carbocycles. The second kappa shape index (κ2) is 3.90. The first-order valence-electron chi connectivity index (χ1n) is 3.92. The van der Waals surface area contributed by atoms with E-state index in [4.69, 9.17) is 16.9 Å². The van der Waals surface area contributed by atoms with E-state index in [9.17, 15) is 0 Å².